The summed E-state index contributed by atoms with van der Waals surface area (Å²) in [5, 5.41) is 12.7. The molecule has 14 heavy (non-hydrogen) atoms. The van der Waals surface area contributed by atoms with Gasteiger partial charge in [-0.05, 0) is 19.4 Å². The molecule has 1 saturated heterocycles. The molecule has 0 amide bonds. The van der Waals surface area contributed by atoms with Gasteiger partial charge in [0, 0.05) is 5.56 Å². The second kappa shape index (κ2) is 3.67. The van der Waals surface area contributed by atoms with Crippen LogP contribution in [0, 0.1) is 0 Å². The molecule has 76 valence electrons. The lowest BCUT2D eigenvalue weighted by atomic mass is 9.98. The summed E-state index contributed by atoms with van der Waals surface area (Å²) in [6, 6.07) is -4.27. The number of nitrogens with one attached hydrogen (secondary N) is 1. The van der Waals surface area contributed by atoms with E-state index >= 15 is 0 Å². The van der Waals surface area contributed by atoms with E-state index in [-0.39, 0.29) is 0 Å². The van der Waals surface area contributed by atoms with Crippen molar-refractivity contribution in [3.63, 3.8) is 0 Å². The third-order valence-corrected chi connectivity index (χ3v) is 2.37. The molecule has 1 aliphatic rings. The number of benzene rings is 1. The van der Waals surface area contributed by atoms with Crippen molar-refractivity contribution >= 4 is 0 Å². The Labute approximate surface area is 89.8 Å². The van der Waals surface area contributed by atoms with Gasteiger partial charge in [0.1, 0.15) is 0 Å². The molecular weight excluding hydrogens is 181 g/mol. The van der Waals surface area contributed by atoms with Crippen LogP contribution in [0.1, 0.15) is 25.3 Å². The Balaban J connectivity index is 2.61. The van der Waals surface area contributed by atoms with E-state index in [4.69, 9.17) is 6.85 Å². The van der Waals surface area contributed by atoms with Crippen LogP contribution in [-0.2, 0) is 5.85 Å². The van der Waals surface area contributed by atoms with Crippen LogP contribution in [0.2, 0.25) is 0 Å². The highest BCUT2D eigenvalue weighted by molar-refractivity contribution is 5.22. The summed E-state index contributed by atoms with van der Waals surface area (Å²) in [4.78, 5) is 0. The van der Waals surface area contributed by atoms with Crippen molar-refractivity contribution in [3.05, 3.63) is 35.8 Å². The first kappa shape index (κ1) is 5.24. The van der Waals surface area contributed by atoms with Gasteiger partial charge in [-0.25, -0.2) is 4.39 Å². The predicted octanol–water partition coefficient (Wildman–Crippen LogP) is 1.55. The molecule has 0 aliphatic carbocycles. The van der Waals surface area contributed by atoms with Gasteiger partial charge in [0.2, 0.25) is 5.85 Å². The fourth-order valence-corrected chi connectivity index (χ4v) is 1.61. The Kier molecular flexibility index (Phi) is 1.37. The number of hydrogen-bond acceptors (Lipinski definition) is 2. The molecule has 0 aromatic heterocycles. The number of hydrogen-bond donors (Lipinski definition) is 2. The lowest BCUT2D eigenvalue weighted by molar-refractivity contribution is -0.120. The molecule has 1 heterocycles. The van der Waals surface area contributed by atoms with E-state index in [9.17, 15) is 9.50 Å². The second-order valence-electron chi connectivity index (χ2n) is 3.32. The number of alkyl halides is 1. The molecule has 1 fully saturated rings. The first-order chi connectivity index (χ1) is 8.78. The van der Waals surface area contributed by atoms with Gasteiger partial charge in [-0.15, -0.1) is 0 Å². The largest absolute Gasteiger partial charge is 0.357 e. The van der Waals surface area contributed by atoms with Crippen molar-refractivity contribution in [2.45, 2.75) is 24.7 Å². The topological polar surface area (TPSA) is 32.3 Å². The van der Waals surface area contributed by atoms with Gasteiger partial charge in [0.05, 0.1) is 12.9 Å². The maximum Gasteiger partial charge on any atom is 0.248 e. The summed E-state index contributed by atoms with van der Waals surface area (Å²) < 4.78 is 52.3. The SMILES string of the molecule is [2H]c1c([2H])c([2H])c([C@@](O)(F)[C@@H]2CCCN2)c([2H])c1[2H]. The molecule has 0 spiro atoms. The fourth-order valence-electron chi connectivity index (χ4n) is 1.61. The standard InChI is InChI=1S/C11H14FNO/c12-11(14,10-7-4-8-13-10)9-5-2-1-3-6-9/h1-3,5-6,10,13-14H,4,7-8H2/t10-,11-/m0/s1/i1D,2D,3D,5D,6D. The van der Waals surface area contributed by atoms with Crippen molar-refractivity contribution in [1.82, 2.24) is 5.32 Å². The lowest BCUT2D eigenvalue weighted by Crippen LogP contribution is -2.41. The van der Waals surface area contributed by atoms with Crippen LogP contribution in [0.4, 0.5) is 4.39 Å². The van der Waals surface area contributed by atoms with E-state index in [1.165, 1.54) is 0 Å². The van der Waals surface area contributed by atoms with Crippen molar-refractivity contribution in [1.29, 1.82) is 0 Å². The monoisotopic (exact) mass is 200 g/mol. The Bertz CT molecular complexity index is 487. The molecule has 2 rings (SSSR count). The Morgan fingerprint density at radius 2 is 2.21 bits per heavy atom. The molecule has 0 unspecified atom stereocenters. The minimum atomic E-state index is -2.98. The molecular formula is C11H14FNO. The van der Waals surface area contributed by atoms with Gasteiger partial charge in [0.15, 0.2) is 0 Å². The zero-order valence-corrected chi connectivity index (χ0v) is 7.52. The zero-order chi connectivity index (χ0) is 14.4. The number of halogens is 1. The zero-order valence-electron chi connectivity index (χ0n) is 12.5. The summed E-state index contributed by atoms with van der Waals surface area (Å²) >= 11 is 0. The number of aliphatic hydroxyl groups is 1. The van der Waals surface area contributed by atoms with Crippen LogP contribution in [-0.4, -0.2) is 17.7 Å². The molecule has 0 saturated carbocycles. The molecule has 2 N–H and O–H groups in total. The molecule has 1 aliphatic heterocycles. The Morgan fingerprint density at radius 3 is 2.79 bits per heavy atom. The maximum atomic E-state index is 14.6. The summed E-state index contributed by atoms with van der Waals surface area (Å²) in [6.45, 7) is 0.523. The Hall–Kier alpha value is -0.930. The predicted molar refractivity (Wildman–Crippen MR) is 52.5 cm³/mol. The van der Waals surface area contributed by atoms with Crippen LogP contribution < -0.4 is 5.32 Å². The summed E-state index contributed by atoms with van der Waals surface area (Å²) in [6.07, 6.45) is 1.00. The van der Waals surface area contributed by atoms with Gasteiger partial charge in [-0.3, -0.25) is 0 Å². The number of rotatable bonds is 2. The average molecular weight is 200 g/mol. The van der Waals surface area contributed by atoms with Crippen molar-refractivity contribution in [2.75, 3.05) is 6.54 Å². The lowest BCUT2D eigenvalue weighted by Gasteiger charge is -2.26. The average Bonchev–Trinajstić information content (AvgIpc) is 2.88. The van der Waals surface area contributed by atoms with Gasteiger partial charge in [-0.2, -0.15) is 0 Å². The first-order valence-electron chi connectivity index (χ1n) is 7.00. The smallest absolute Gasteiger partial charge is 0.248 e. The van der Waals surface area contributed by atoms with E-state index in [0.29, 0.717) is 19.4 Å². The van der Waals surface area contributed by atoms with Crippen LogP contribution in [0.15, 0.2) is 30.2 Å². The summed E-state index contributed by atoms with van der Waals surface area (Å²) in [7, 11) is 0. The van der Waals surface area contributed by atoms with E-state index in [2.05, 4.69) is 5.32 Å². The van der Waals surface area contributed by atoms with Gasteiger partial charge >= 0.3 is 0 Å². The Morgan fingerprint density at radius 1 is 1.50 bits per heavy atom. The van der Waals surface area contributed by atoms with Crippen LogP contribution in [0.3, 0.4) is 0 Å². The first-order valence-corrected chi connectivity index (χ1v) is 4.50. The van der Waals surface area contributed by atoms with Crippen LogP contribution in [0.5, 0.6) is 0 Å². The summed E-state index contributed by atoms with van der Waals surface area (Å²) in [5.74, 6) is -2.98. The molecule has 0 bridgehead atoms. The highest BCUT2D eigenvalue weighted by Gasteiger charge is 2.39. The third-order valence-electron chi connectivity index (χ3n) is 2.37. The van der Waals surface area contributed by atoms with Gasteiger partial charge in [0.25, 0.3) is 0 Å². The van der Waals surface area contributed by atoms with Gasteiger partial charge in [-0.1, -0.05) is 30.2 Å². The van der Waals surface area contributed by atoms with Gasteiger partial charge < -0.3 is 10.4 Å². The normalized spacial score (nSPS) is 31.0. The maximum absolute atomic E-state index is 14.6. The second-order valence-corrected chi connectivity index (χ2v) is 3.32. The van der Waals surface area contributed by atoms with E-state index in [1.807, 2.05) is 0 Å². The molecule has 1 aromatic carbocycles. The van der Waals surface area contributed by atoms with E-state index in [0.717, 1.165) is 0 Å². The quantitative estimate of drug-likeness (QED) is 0.759. The molecule has 1 aromatic rings. The van der Waals surface area contributed by atoms with Crippen molar-refractivity contribution in [3.8, 4) is 0 Å². The minimum absolute atomic E-state index is 0.342. The van der Waals surface area contributed by atoms with Crippen LogP contribution >= 0.6 is 0 Å². The van der Waals surface area contributed by atoms with E-state index < -0.39 is 47.7 Å². The van der Waals surface area contributed by atoms with Crippen molar-refractivity contribution in [2.24, 2.45) is 0 Å². The molecule has 0 radical (unpaired) electrons. The highest BCUT2D eigenvalue weighted by Crippen LogP contribution is 2.30. The fraction of sp³-hybridized carbons (Fsp3) is 0.455. The molecule has 3 heteroatoms. The molecule has 2 atom stereocenters. The van der Waals surface area contributed by atoms with E-state index in [1.54, 1.807) is 0 Å². The molecule has 2 nitrogen and oxygen atoms in total. The highest BCUT2D eigenvalue weighted by atomic mass is 19.2. The minimum Gasteiger partial charge on any atom is -0.357 e. The third kappa shape index (κ3) is 1.65. The van der Waals surface area contributed by atoms with Crippen molar-refractivity contribution < 1.29 is 16.4 Å². The van der Waals surface area contributed by atoms with Crippen LogP contribution in [0.25, 0.3) is 0 Å². The summed E-state index contributed by atoms with van der Waals surface area (Å²) in [5.41, 5.74) is -0.696.